The van der Waals surface area contributed by atoms with Crippen molar-refractivity contribution in [3.63, 3.8) is 0 Å². The molecule has 29 heavy (non-hydrogen) atoms. The maximum atomic E-state index is 12.4. The van der Waals surface area contributed by atoms with Crippen LogP contribution in [0.1, 0.15) is 15.9 Å². The zero-order valence-electron chi connectivity index (χ0n) is 16.3. The van der Waals surface area contributed by atoms with Crippen LogP contribution < -0.4 is 15.4 Å². The van der Waals surface area contributed by atoms with Crippen LogP contribution in [0.3, 0.4) is 0 Å². The Balaban J connectivity index is 1.51. The SMILES string of the molecule is COc1ccc(NC(=O)c2ccc(NC(=O)CSc3ccc(C)cc3)cc2)cc1. The first-order valence-electron chi connectivity index (χ1n) is 9.08. The Kier molecular flexibility index (Phi) is 6.92. The van der Waals surface area contributed by atoms with Gasteiger partial charge >= 0.3 is 0 Å². The number of thioether (sulfide) groups is 1. The van der Waals surface area contributed by atoms with E-state index in [1.54, 1.807) is 55.6 Å². The van der Waals surface area contributed by atoms with E-state index in [4.69, 9.17) is 4.74 Å². The monoisotopic (exact) mass is 406 g/mol. The first-order valence-corrected chi connectivity index (χ1v) is 10.1. The lowest BCUT2D eigenvalue weighted by Crippen LogP contribution is -2.15. The minimum atomic E-state index is -0.219. The summed E-state index contributed by atoms with van der Waals surface area (Å²) in [5.74, 6) is 0.737. The molecule has 0 spiro atoms. The van der Waals surface area contributed by atoms with Crippen molar-refractivity contribution in [1.82, 2.24) is 0 Å². The van der Waals surface area contributed by atoms with Crippen LogP contribution in [0.2, 0.25) is 0 Å². The van der Waals surface area contributed by atoms with Crippen LogP contribution in [0.4, 0.5) is 11.4 Å². The lowest BCUT2D eigenvalue weighted by atomic mass is 10.2. The van der Waals surface area contributed by atoms with Crippen molar-refractivity contribution < 1.29 is 14.3 Å². The summed E-state index contributed by atoms with van der Waals surface area (Å²) in [6.07, 6.45) is 0. The molecule has 2 N–H and O–H groups in total. The third kappa shape index (κ3) is 6.12. The predicted molar refractivity (Wildman–Crippen MR) is 118 cm³/mol. The average molecular weight is 407 g/mol. The van der Waals surface area contributed by atoms with Gasteiger partial charge in [-0.05, 0) is 67.6 Å². The predicted octanol–water partition coefficient (Wildman–Crippen LogP) is 4.99. The molecule has 0 saturated heterocycles. The van der Waals surface area contributed by atoms with Gasteiger partial charge in [-0.25, -0.2) is 0 Å². The molecule has 0 fully saturated rings. The van der Waals surface area contributed by atoms with Gasteiger partial charge in [0.2, 0.25) is 5.91 Å². The molecule has 148 valence electrons. The van der Waals surface area contributed by atoms with Crippen molar-refractivity contribution in [3.8, 4) is 5.75 Å². The van der Waals surface area contributed by atoms with E-state index in [2.05, 4.69) is 10.6 Å². The van der Waals surface area contributed by atoms with Crippen molar-refractivity contribution in [2.45, 2.75) is 11.8 Å². The number of hydrogen-bond donors (Lipinski definition) is 2. The Bertz CT molecular complexity index is 969. The molecule has 0 bridgehead atoms. The molecule has 3 aromatic rings. The van der Waals surface area contributed by atoms with Gasteiger partial charge < -0.3 is 15.4 Å². The van der Waals surface area contributed by atoms with Crippen LogP contribution in [-0.2, 0) is 4.79 Å². The third-order valence-corrected chi connectivity index (χ3v) is 5.18. The first-order chi connectivity index (χ1) is 14.0. The fourth-order valence-corrected chi connectivity index (χ4v) is 3.26. The standard InChI is InChI=1S/C23H22N2O3S/c1-16-3-13-21(14-4-16)29-15-22(26)24-18-7-5-17(6-8-18)23(27)25-19-9-11-20(28-2)12-10-19/h3-14H,15H2,1-2H3,(H,24,26)(H,25,27). The van der Waals surface area contributed by atoms with Crippen molar-refractivity contribution in [3.05, 3.63) is 83.9 Å². The van der Waals surface area contributed by atoms with E-state index < -0.39 is 0 Å². The second-order valence-corrected chi connectivity index (χ2v) is 7.46. The highest BCUT2D eigenvalue weighted by molar-refractivity contribution is 8.00. The van der Waals surface area contributed by atoms with Gasteiger partial charge in [0.1, 0.15) is 5.75 Å². The third-order valence-electron chi connectivity index (χ3n) is 4.17. The number of carbonyl (C=O) groups is 2. The molecule has 0 aliphatic rings. The van der Waals surface area contributed by atoms with Crippen LogP contribution in [0.15, 0.2) is 77.7 Å². The van der Waals surface area contributed by atoms with Crippen molar-refractivity contribution in [1.29, 1.82) is 0 Å². The van der Waals surface area contributed by atoms with Gasteiger partial charge in [0.25, 0.3) is 5.91 Å². The number of benzene rings is 3. The van der Waals surface area contributed by atoms with Gasteiger partial charge in [-0.15, -0.1) is 11.8 Å². The molecule has 0 radical (unpaired) electrons. The summed E-state index contributed by atoms with van der Waals surface area (Å²) >= 11 is 1.48. The quantitative estimate of drug-likeness (QED) is 0.543. The number of aryl methyl sites for hydroxylation is 1. The van der Waals surface area contributed by atoms with Gasteiger partial charge in [-0.1, -0.05) is 17.7 Å². The highest BCUT2D eigenvalue weighted by Crippen LogP contribution is 2.19. The van der Waals surface area contributed by atoms with Crippen molar-refractivity contribution >= 4 is 35.0 Å². The van der Waals surface area contributed by atoms with E-state index in [-0.39, 0.29) is 11.8 Å². The molecule has 0 aliphatic heterocycles. The van der Waals surface area contributed by atoms with E-state index in [1.807, 2.05) is 31.2 Å². The summed E-state index contributed by atoms with van der Waals surface area (Å²) in [4.78, 5) is 25.5. The van der Waals surface area contributed by atoms with Gasteiger partial charge in [0, 0.05) is 21.8 Å². The van der Waals surface area contributed by atoms with Crippen LogP contribution >= 0.6 is 11.8 Å². The first kappa shape index (κ1) is 20.5. The molecule has 0 atom stereocenters. The molecular weight excluding hydrogens is 384 g/mol. The van der Waals surface area contributed by atoms with E-state index in [0.717, 1.165) is 10.6 Å². The molecule has 0 aromatic heterocycles. The maximum Gasteiger partial charge on any atom is 0.255 e. The highest BCUT2D eigenvalue weighted by Gasteiger charge is 2.08. The zero-order chi connectivity index (χ0) is 20.6. The summed E-state index contributed by atoms with van der Waals surface area (Å²) in [5, 5.41) is 5.67. The second-order valence-electron chi connectivity index (χ2n) is 6.41. The van der Waals surface area contributed by atoms with Gasteiger partial charge in [-0.3, -0.25) is 9.59 Å². The van der Waals surface area contributed by atoms with E-state index >= 15 is 0 Å². The van der Waals surface area contributed by atoms with E-state index in [9.17, 15) is 9.59 Å². The van der Waals surface area contributed by atoms with Crippen LogP contribution in [0.5, 0.6) is 5.75 Å². The normalized spacial score (nSPS) is 10.3. The minimum absolute atomic E-state index is 0.0917. The molecular formula is C23H22N2O3S. The number of nitrogens with one attached hydrogen (secondary N) is 2. The smallest absolute Gasteiger partial charge is 0.255 e. The summed E-state index contributed by atoms with van der Waals surface area (Å²) in [6.45, 7) is 2.03. The summed E-state index contributed by atoms with van der Waals surface area (Å²) < 4.78 is 5.10. The van der Waals surface area contributed by atoms with E-state index in [0.29, 0.717) is 22.7 Å². The molecule has 0 heterocycles. The molecule has 3 rings (SSSR count). The summed E-state index contributed by atoms with van der Waals surface area (Å²) in [7, 11) is 1.59. The Labute approximate surface area is 174 Å². The molecule has 0 aliphatic carbocycles. The second kappa shape index (κ2) is 9.80. The number of hydrogen-bond acceptors (Lipinski definition) is 4. The fraction of sp³-hybridized carbons (Fsp3) is 0.130. The number of methoxy groups -OCH3 is 1. The van der Waals surface area contributed by atoms with Crippen LogP contribution in [-0.4, -0.2) is 24.7 Å². The van der Waals surface area contributed by atoms with Crippen LogP contribution in [0, 0.1) is 6.92 Å². The number of anilines is 2. The Hall–Kier alpha value is -3.25. The number of ether oxygens (including phenoxy) is 1. The number of carbonyl (C=O) groups excluding carboxylic acids is 2. The Morgan fingerprint density at radius 1 is 0.828 bits per heavy atom. The topological polar surface area (TPSA) is 67.4 Å². The minimum Gasteiger partial charge on any atom is -0.497 e. The Morgan fingerprint density at radius 2 is 1.41 bits per heavy atom. The Morgan fingerprint density at radius 3 is 2.03 bits per heavy atom. The lowest BCUT2D eigenvalue weighted by Gasteiger charge is -2.08. The molecule has 5 nitrogen and oxygen atoms in total. The molecule has 0 saturated carbocycles. The molecule has 3 aromatic carbocycles. The van der Waals surface area contributed by atoms with Gasteiger partial charge in [-0.2, -0.15) is 0 Å². The lowest BCUT2D eigenvalue weighted by molar-refractivity contribution is -0.113. The number of amides is 2. The maximum absolute atomic E-state index is 12.4. The fourth-order valence-electron chi connectivity index (χ4n) is 2.56. The largest absolute Gasteiger partial charge is 0.497 e. The van der Waals surface area contributed by atoms with Gasteiger partial charge in [0.15, 0.2) is 0 Å². The summed E-state index contributed by atoms with van der Waals surface area (Å²) in [6, 6.07) is 22.0. The zero-order valence-corrected chi connectivity index (χ0v) is 17.1. The van der Waals surface area contributed by atoms with Crippen LogP contribution in [0.25, 0.3) is 0 Å². The molecule has 2 amide bonds. The molecule has 6 heteroatoms. The van der Waals surface area contributed by atoms with E-state index in [1.165, 1.54) is 17.3 Å². The van der Waals surface area contributed by atoms with Crippen molar-refractivity contribution in [2.75, 3.05) is 23.5 Å². The number of rotatable bonds is 7. The molecule has 0 unspecified atom stereocenters. The average Bonchev–Trinajstić information content (AvgIpc) is 2.74. The highest BCUT2D eigenvalue weighted by atomic mass is 32.2. The van der Waals surface area contributed by atoms with Crippen molar-refractivity contribution in [2.24, 2.45) is 0 Å². The van der Waals surface area contributed by atoms with Gasteiger partial charge in [0.05, 0.1) is 12.9 Å². The summed E-state index contributed by atoms with van der Waals surface area (Å²) in [5.41, 5.74) is 3.03.